The van der Waals surface area contributed by atoms with Gasteiger partial charge in [0.2, 0.25) is 5.91 Å². The van der Waals surface area contributed by atoms with Crippen LogP contribution in [0.1, 0.15) is 18.3 Å². The summed E-state index contributed by atoms with van der Waals surface area (Å²) in [5.74, 6) is 0.334. The minimum absolute atomic E-state index is 0.175. The lowest BCUT2D eigenvalue weighted by Crippen LogP contribution is -2.23. The maximum absolute atomic E-state index is 12.7. The fourth-order valence-corrected chi connectivity index (χ4v) is 4.14. The van der Waals surface area contributed by atoms with Crippen molar-refractivity contribution in [1.29, 1.82) is 0 Å². The van der Waals surface area contributed by atoms with Crippen LogP contribution in [0, 0.1) is 0 Å². The van der Waals surface area contributed by atoms with Crippen molar-refractivity contribution >= 4 is 44.6 Å². The first-order valence-corrected chi connectivity index (χ1v) is 11.5. The zero-order valence-electron chi connectivity index (χ0n) is 17.7. The van der Waals surface area contributed by atoms with Gasteiger partial charge in [-0.15, -0.1) is 0 Å². The van der Waals surface area contributed by atoms with Crippen molar-refractivity contribution in [2.45, 2.75) is 17.3 Å². The van der Waals surface area contributed by atoms with E-state index in [4.69, 9.17) is 0 Å². The number of aromatic amines is 1. The molecule has 4 aromatic rings. The van der Waals surface area contributed by atoms with Crippen molar-refractivity contribution in [2.24, 2.45) is 0 Å². The normalized spacial score (nSPS) is 12.4. The van der Waals surface area contributed by atoms with Crippen molar-refractivity contribution in [1.82, 2.24) is 9.97 Å². The Morgan fingerprint density at radius 2 is 1.71 bits per heavy atom. The number of rotatable bonds is 5. The lowest BCUT2D eigenvalue weighted by atomic mass is 10.0. The van der Waals surface area contributed by atoms with E-state index in [2.05, 4.69) is 15.3 Å². The number of carbonyl (C=O) groups excluding carboxylic acids is 1. The fourth-order valence-electron chi connectivity index (χ4n) is 3.38. The number of alkyl halides is 3. The van der Waals surface area contributed by atoms with E-state index in [-0.39, 0.29) is 5.91 Å². The van der Waals surface area contributed by atoms with Crippen LogP contribution < -0.4 is 5.32 Å². The number of nitrogens with one attached hydrogen (secondary N) is 2. The summed E-state index contributed by atoms with van der Waals surface area (Å²) >= 11 is 0. The van der Waals surface area contributed by atoms with E-state index < -0.39 is 20.2 Å². The van der Waals surface area contributed by atoms with Crippen molar-refractivity contribution in [3.63, 3.8) is 0 Å². The molecule has 0 saturated heterocycles. The summed E-state index contributed by atoms with van der Waals surface area (Å²) in [5, 5.41) is 2.81. The van der Waals surface area contributed by atoms with Crippen molar-refractivity contribution < 1.29 is 26.4 Å². The molecule has 34 heavy (non-hydrogen) atoms. The maximum atomic E-state index is 12.7. The third kappa shape index (κ3) is 4.72. The standard InChI is InChI=1S/C24H18F3N3O3S/c1-15(31)28-20-5-3-2-4-19(20)17-9-12-21-22(14-17)30-23(29-21)13-8-16-6-10-18(11-7-16)34(32,33)24(25,26)27/h2-14H,1H3,(H,28,31)(H,29,30). The molecule has 2 N–H and O–H groups in total. The summed E-state index contributed by atoms with van der Waals surface area (Å²) in [7, 11) is -5.38. The number of aromatic nitrogens is 2. The molecule has 1 heterocycles. The quantitative estimate of drug-likeness (QED) is 0.382. The summed E-state index contributed by atoms with van der Waals surface area (Å²) < 4.78 is 61.0. The predicted molar refractivity (Wildman–Crippen MR) is 124 cm³/mol. The Morgan fingerprint density at radius 1 is 1.00 bits per heavy atom. The van der Waals surface area contributed by atoms with Gasteiger partial charge in [0.25, 0.3) is 9.84 Å². The second-order valence-corrected chi connectivity index (χ2v) is 9.37. The predicted octanol–water partition coefficient (Wildman–Crippen LogP) is 5.65. The molecule has 1 amide bonds. The number of H-pyrrole nitrogens is 1. The number of benzene rings is 3. The summed E-state index contributed by atoms with van der Waals surface area (Å²) in [6.07, 6.45) is 3.24. The molecule has 1 aromatic heterocycles. The minimum Gasteiger partial charge on any atom is -0.338 e. The minimum atomic E-state index is -5.38. The number of imidazole rings is 1. The first kappa shape index (κ1) is 23.2. The second kappa shape index (κ2) is 8.79. The molecule has 174 valence electrons. The molecule has 0 aliphatic rings. The van der Waals surface area contributed by atoms with Crippen molar-refractivity contribution in [3.8, 4) is 11.1 Å². The highest BCUT2D eigenvalue weighted by molar-refractivity contribution is 7.92. The molecular weight excluding hydrogens is 467 g/mol. The van der Waals surface area contributed by atoms with Crippen LogP contribution in [0.4, 0.5) is 18.9 Å². The van der Waals surface area contributed by atoms with Crippen LogP contribution in [-0.4, -0.2) is 29.8 Å². The number of hydrogen-bond acceptors (Lipinski definition) is 4. The zero-order chi connectivity index (χ0) is 24.5. The van der Waals surface area contributed by atoms with Gasteiger partial charge in [-0.2, -0.15) is 13.2 Å². The van der Waals surface area contributed by atoms with E-state index >= 15 is 0 Å². The Morgan fingerprint density at radius 3 is 2.38 bits per heavy atom. The zero-order valence-corrected chi connectivity index (χ0v) is 18.5. The third-order valence-corrected chi connectivity index (χ3v) is 6.48. The molecule has 0 fully saturated rings. The van der Waals surface area contributed by atoms with Gasteiger partial charge in [0, 0.05) is 18.2 Å². The van der Waals surface area contributed by atoms with Crippen LogP contribution in [0.2, 0.25) is 0 Å². The van der Waals surface area contributed by atoms with Crippen LogP contribution in [0.5, 0.6) is 0 Å². The number of fused-ring (bicyclic) bond motifs is 1. The Labute approximate surface area is 193 Å². The maximum Gasteiger partial charge on any atom is 0.501 e. The molecule has 3 aromatic carbocycles. The van der Waals surface area contributed by atoms with Gasteiger partial charge in [-0.05, 0) is 47.5 Å². The van der Waals surface area contributed by atoms with Gasteiger partial charge in [0.1, 0.15) is 5.82 Å². The van der Waals surface area contributed by atoms with Crippen LogP contribution in [-0.2, 0) is 14.6 Å². The van der Waals surface area contributed by atoms with Crippen molar-refractivity contribution in [3.05, 3.63) is 78.1 Å². The molecule has 0 saturated carbocycles. The molecular formula is C24H18F3N3O3S. The van der Waals surface area contributed by atoms with Crippen LogP contribution >= 0.6 is 0 Å². The van der Waals surface area contributed by atoms with E-state index in [9.17, 15) is 26.4 Å². The number of hydrogen-bond donors (Lipinski definition) is 2. The Balaban J connectivity index is 1.58. The summed E-state index contributed by atoms with van der Waals surface area (Å²) in [5.41, 5.74) is -0.984. The average Bonchev–Trinajstić information content (AvgIpc) is 3.19. The number of nitrogens with zero attached hydrogens (tertiary/aromatic N) is 1. The lowest BCUT2D eigenvalue weighted by molar-refractivity contribution is -0.114. The largest absolute Gasteiger partial charge is 0.501 e. The highest BCUT2D eigenvalue weighted by atomic mass is 32.2. The SMILES string of the molecule is CC(=O)Nc1ccccc1-c1ccc2nc(C=Cc3ccc(S(=O)(=O)C(F)(F)F)cc3)[nH]c2c1. The van der Waals surface area contributed by atoms with Gasteiger partial charge >= 0.3 is 5.51 Å². The number of carbonyl (C=O) groups is 1. The van der Waals surface area contributed by atoms with E-state index in [0.717, 1.165) is 28.8 Å². The van der Waals surface area contributed by atoms with Crippen LogP contribution in [0.25, 0.3) is 34.3 Å². The van der Waals surface area contributed by atoms with Gasteiger partial charge in [0.05, 0.1) is 15.9 Å². The monoisotopic (exact) mass is 485 g/mol. The molecule has 0 spiro atoms. The third-order valence-electron chi connectivity index (χ3n) is 4.98. The van der Waals surface area contributed by atoms with E-state index in [1.165, 1.54) is 19.1 Å². The Bertz CT molecular complexity index is 1510. The first-order chi connectivity index (χ1) is 16.0. The molecule has 0 aliphatic heterocycles. The molecule has 10 heteroatoms. The molecule has 0 bridgehead atoms. The van der Waals surface area contributed by atoms with Gasteiger partial charge in [-0.1, -0.05) is 42.5 Å². The lowest BCUT2D eigenvalue weighted by Gasteiger charge is -2.09. The molecule has 0 atom stereocenters. The summed E-state index contributed by atoms with van der Waals surface area (Å²) in [4.78, 5) is 18.3. The average molecular weight is 485 g/mol. The van der Waals surface area contributed by atoms with E-state index in [1.807, 2.05) is 42.5 Å². The van der Waals surface area contributed by atoms with Crippen LogP contribution in [0.15, 0.2) is 71.6 Å². The molecule has 6 nitrogen and oxygen atoms in total. The van der Waals surface area contributed by atoms with Gasteiger partial charge in [-0.3, -0.25) is 4.79 Å². The second-order valence-electron chi connectivity index (χ2n) is 7.43. The summed E-state index contributed by atoms with van der Waals surface area (Å²) in [6, 6.07) is 17.4. The Kier molecular flexibility index (Phi) is 6.01. The molecule has 0 unspecified atom stereocenters. The topological polar surface area (TPSA) is 91.9 Å². The highest BCUT2D eigenvalue weighted by Crippen LogP contribution is 2.31. The van der Waals surface area contributed by atoms with Crippen LogP contribution in [0.3, 0.4) is 0 Å². The number of sulfone groups is 1. The van der Waals surface area contributed by atoms with Crippen molar-refractivity contribution in [2.75, 3.05) is 5.32 Å². The van der Waals surface area contributed by atoms with Gasteiger partial charge in [-0.25, -0.2) is 13.4 Å². The first-order valence-electron chi connectivity index (χ1n) is 10.0. The Hall–Kier alpha value is -3.92. The van der Waals surface area contributed by atoms with Gasteiger partial charge < -0.3 is 10.3 Å². The smallest absolute Gasteiger partial charge is 0.338 e. The van der Waals surface area contributed by atoms with Gasteiger partial charge in [0.15, 0.2) is 0 Å². The number of anilines is 1. The van der Waals surface area contributed by atoms with E-state index in [0.29, 0.717) is 22.6 Å². The molecule has 0 aliphatic carbocycles. The number of para-hydroxylation sites is 1. The van der Waals surface area contributed by atoms with E-state index in [1.54, 1.807) is 12.2 Å². The summed E-state index contributed by atoms with van der Waals surface area (Å²) in [6.45, 7) is 1.44. The highest BCUT2D eigenvalue weighted by Gasteiger charge is 2.46. The molecule has 0 radical (unpaired) electrons. The number of amides is 1. The number of halogens is 3. The fraction of sp³-hybridized carbons (Fsp3) is 0.0833. The molecule has 4 rings (SSSR count).